The number of halogens is 1. The quantitative estimate of drug-likeness (QED) is 0.923. The zero-order valence-corrected chi connectivity index (χ0v) is 13.4. The van der Waals surface area contributed by atoms with Gasteiger partial charge in [-0.2, -0.15) is 0 Å². The van der Waals surface area contributed by atoms with Crippen LogP contribution in [0.15, 0.2) is 40.9 Å². The molecule has 2 aromatic rings. The standard InChI is InChI=1S/C16H18BrNO2/c1-10-7-15(20-3)13(9-14(10)17)16(18)11-5-4-6-12(8-11)19-2/h4-9,16H,18H2,1-3H3. The van der Waals surface area contributed by atoms with Gasteiger partial charge in [0.05, 0.1) is 20.3 Å². The molecule has 2 rings (SSSR count). The highest BCUT2D eigenvalue weighted by Gasteiger charge is 2.16. The van der Waals surface area contributed by atoms with Crippen LogP contribution >= 0.6 is 15.9 Å². The lowest BCUT2D eigenvalue weighted by Gasteiger charge is -2.18. The van der Waals surface area contributed by atoms with E-state index in [1.54, 1.807) is 14.2 Å². The van der Waals surface area contributed by atoms with E-state index in [9.17, 15) is 0 Å². The van der Waals surface area contributed by atoms with E-state index < -0.39 is 0 Å². The molecule has 1 atom stereocenters. The normalized spacial score (nSPS) is 12.1. The summed E-state index contributed by atoms with van der Waals surface area (Å²) in [4.78, 5) is 0. The smallest absolute Gasteiger partial charge is 0.124 e. The van der Waals surface area contributed by atoms with E-state index in [-0.39, 0.29) is 6.04 Å². The van der Waals surface area contributed by atoms with Crippen molar-refractivity contribution >= 4 is 15.9 Å². The lowest BCUT2D eigenvalue weighted by molar-refractivity contribution is 0.406. The topological polar surface area (TPSA) is 44.5 Å². The molecule has 0 saturated carbocycles. The molecule has 0 saturated heterocycles. The molecule has 0 aliphatic heterocycles. The summed E-state index contributed by atoms with van der Waals surface area (Å²) in [5.41, 5.74) is 9.42. The van der Waals surface area contributed by atoms with E-state index in [2.05, 4.69) is 15.9 Å². The number of rotatable bonds is 4. The Morgan fingerprint density at radius 1 is 1.10 bits per heavy atom. The molecule has 1 unspecified atom stereocenters. The van der Waals surface area contributed by atoms with Crippen LogP contribution in [0.2, 0.25) is 0 Å². The molecule has 2 N–H and O–H groups in total. The van der Waals surface area contributed by atoms with E-state index >= 15 is 0 Å². The molecule has 2 aromatic carbocycles. The van der Waals surface area contributed by atoms with Gasteiger partial charge in [-0.3, -0.25) is 0 Å². The van der Waals surface area contributed by atoms with Crippen molar-refractivity contribution in [3.63, 3.8) is 0 Å². The largest absolute Gasteiger partial charge is 0.497 e. The molecule has 0 bridgehead atoms. The molecule has 0 fully saturated rings. The van der Waals surface area contributed by atoms with Gasteiger partial charge in [0.2, 0.25) is 0 Å². The first-order chi connectivity index (χ1) is 9.56. The van der Waals surface area contributed by atoms with Crippen molar-refractivity contribution in [1.82, 2.24) is 0 Å². The van der Waals surface area contributed by atoms with Crippen molar-refractivity contribution < 1.29 is 9.47 Å². The van der Waals surface area contributed by atoms with Crippen molar-refractivity contribution in [2.24, 2.45) is 5.73 Å². The molecule has 0 aromatic heterocycles. The van der Waals surface area contributed by atoms with Gasteiger partial charge in [-0.05, 0) is 42.3 Å². The summed E-state index contributed by atoms with van der Waals surface area (Å²) in [6.45, 7) is 2.02. The Labute approximate surface area is 127 Å². The summed E-state index contributed by atoms with van der Waals surface area (Å²) in [5, 5.41) is 0. The summed E-state index contributed by atoms with van der Waals surface area (Å²) in [7, 11) is 3.30. The number of nitrogens with two attached hydrogens (primary N) is 1. The number of ether oxygens (including phenoxy) is 2. The van der Waals surface area contributed by atoms with Gasteiger partial charge in [-0.1, -0.05) is 28.1 Å². The van der Waals surface area contributed by atoms with Crippen LogP contribution in [0.4, 0.5) is 0 Å². The minimum Gasteiger partial charge on any atom is -0.497 e. The Balaban J connectivity index is 2.46. The Kier molecular flexibility index (Phi) is 4.68. The highest BCUT2D eigenvalue weighted by Crippen LogP contribution is 2.33. The second-order valence-electron chi connectivity index (χ2n) is 4.60. The van der Waals surface area contributed by atoms with Gasteiger partial charge in [0.25, 0.3) is 0 Å². The molecule has 106 valence electrons. The van der Waals surface area contributed by atoms with Crippen molar-refractivity contribution in [3.05, 3.63) is 57.6 Å². The molecule has 3 nitrogen and oxygen atoms in total. The molecular formula is C16H18BrNO2. The fourth-order valence-electron chi connectivity index (χ4n) is 2.10. The third-order valence-electron chi connectivity index (χ3n) is 3.30. The van der Waals surface area contributed by atoms with E-state index in [1.165, 1.54) is 0 Å². The average molecular weight is 336 g/mol. The third-order valence-corrected chi connectivity index (χ3v) is 4.15. The average Bonchev–Trinajstić information content (AvgIpc) is 2.48. The summed E-state index contributed by atoms with van der Waals surface area (Å²) in [6.07, 6.45) is 0. The van der Waals surface area contributed by atoms with E-state index in [4.69, 9.17) is 15.2 Å². The van der Waals surface area contributed by atoms with Gasteiger partial charge in [0.15, 0.2) is 0 Å². The zero-order chi connectivity index (χ0) is 14.7. The molecule has 0 aliphatic carbocycles. The fraction of sp³-hybridized carbons (Fsp3) is 0.250. The van der Waals surface area contributed by atoms with Gasteiger partial charge in [0, 0.05) is 10.0 Å². The first kappa shape index (κ1) is 14.9. The Morgan fingerprint density at radius 2 is 1.85 bits per heavy atom. The monoisotopic (exact) mass is 335 g/mol. The molecule has 4 heteroatoms. The minimum absolute atomic E-state index is 0.267. The lowest BCUT2D eigenvalue weighted by atomic mass is 9.97. The van der Waals surface area contributed by atoms with Gasteiger partial charge in [0.1, 0.15) is 11.5 Å². The van der Waals surface area contributed by atoms with Crippen LogP contribution in [0.5, 0.6) is 11.5 Å². The van der Waals surface area contributed by atoms with Crippen molar-refractivity contribution in [2.75, 3.05) is 14.2 Å². The fourth-order valence-corrected chi connectivity index (χ4v) is 2.47. The first-order valence-corrected chi connectivity index (χ1v) is 7.09. The summed E-state index contributed by atoms with van der Waals surface area (Å²) in [6, 6.07) is 11.5. The van der Waals surface area contributed by atoms with Crippen LogP contribution < -0.4 is 15.2 Å². The molecule has 0 radical (unpaired) electrons. The Morgan fingerprint density at radius 3 is 2.50 bits per heavy atom. The summed E-state index contributed by atoms with van der Waals surface area (Å²) >= 11 is 3.54. The molecular weight excluding hydrogens is 318 g/mol. The maximum absolute atomic E-state index is 6.38. The van der Waals surface area contributed by atoms with Crippen LogP contribution in [-0.4, -0.2) is 14.2 Å². The van der Waals surface area contributed by atoms with Crippen LogP contribution in [0.25, 0.3) is 0 Å². The van der Waals surface area contributed by atoms with Crippen LogP contribution in [0, 0.1) is 6.92 Å². The predicted molar refractivity (Wildman–Crippen MR) is 84.5 cm³/mol. The maximum Gasteiger partial charge on any atom is 0.124 e. The number of benzene rings is 2. The summed E-state index contributed by atoms with van der Waals surface area (Å²) < 4.78 is 11.7. The second-order valence-corrected chi connectivity index (χ2v) is 5.45. The first-order valence-electron chi connectivity index (χ1n) is 6.30. The van der Waals surface area contributed by atoms with Gasteiger partial charge in [-0.25, -0.2) is 0 Å². The van der Waals surface area contributed by atoms with E-state index in [0.29, 0.717) is 0 Å². The van der Waals surface area contributed by atoms with E-state index in [1.807, 2.05) is 43.3 Å². The second kappa shape index (κ2) is 6.29. The highest BCUT2D eigenvalue weighted by molar-refractivity contribution is 9.10. The lowest BCUT2D eigenvalue weighted by Crippen LogP contribution is -2.13. The molecule has 0 heterocycles. The zero-order valence-electron chi connectivity index (χ0n) is 11.8. The van der Waals surface area contributed by atoms with Crippen LogP contribution in [0.1, 0.15) is 22.7 Å². The molecule has 20 heavy (non-hydrogen) atoms. The Hall–Kier alpha value is -1.52. The molecule has 0 spiro atoms. The summed E-state index contributed by atoms with van der Waals surface area (Å²) in [5.74, 6) is 1.59. The number of hydrogen-bond acceptors (Lipinski definition) is 3. The number of hydrogen-bond donors (Lipinski definition) is 1. The van der Waals surface area contributed by atoms with E-state index in [0.717, 1.165) is 32.7 Å². The SMILES string of the molecule is COc1cccc(C(N)c2cc(Br)c(C)cc2OC)c1. The number of methoxy groups -OCH3 is 2. The molecule has 0 amide bonds. The van der Waals surface area contributed by atoms with Crippen LogP contribution in [-0.2, 0) is 0 Å². The Bertz CT molecular complexity index is 613. The van der Waals surface area contributed by atoms with Crippen molar-refractivity contribution in [1.29, 1.82) is 0 Å². The molecule has 0 aliphatic rings. The number of aryl methyl sites for hydroxylation is 1. The van der Waals surface area contributed by atoms with Gasteiger partial charge in [-0.15, -0.1) is 0 Å². The van der Waals surface area contributed by atoms with Gasteiger partial charge < -0.3 is 15.2 Å². The van der Waals surface area contributed by atoms with Crippen LogP contribution in [0.3, 0.4) is 0 Å². The van der Waals surface area contributed by atoms with Crippen molar-refractivity contribution in [3.8, 4) is 11.5 Å². The van der Waals surface area contributed by atoms with Gasteiger partial charge >= 0.3 is 0 Å². The highest BCUT2D eigenvalue weighted by atomic mass is 79.9. The predicted octanol–water partition coefficient (Wildman–Crippen LogP) is 3.82. The minimum atomic E-state index is -0.267. The maximum atomic E-state index is 6.38. The third kappa shape index (κ3) is 2.97. The van der Waals surface area contributed by atoms with Crippen molar-refractivity contribution in [2.45, 2.75) is 13.0 Å².